The molecule has 0 aromatic carbocycles. The van der Waals surface area contributed by atoms with Crippen molar-refractivity contribution in [3.63, 3.8) is 0 Å². The first-order chi connectivity index (χ1) is 9.33. The number of hydrogen-bond donors (Lipinski definition) is 1. The van der Waals surface area contributed by atoms with Gasteiger partial charge in [0.15, 0.2) is 11.5 Å². The van der Waals surface area contributed by atoms with Crippen molar-refractivity contribution >= 4 is 27.4 Å². The standard InChI is InChI=1S/C14H17BrN4/c15-12-10-19-9-8-17-14(19)13(18-12)16-7-6-11-4-2-1-3-5-11/h4,8-10H,1-3,5-7H2,(H,16,18). The summed E-state index contributed by atoms with van der Waals surface area (Å²) in [7, 11) is 0. The van der Waals surface area contributed by atoms with Crippen molar-refractivity contribution in [2.24, 2.45) is 0 Å². The van der Waals surface area contributed by atoms with Crippen LogP contribution in [0.5, 0.6) is 0 Å². The van der Waals surface area contributed by atoms with Gasteiger partial charge in [0.25, 0.3) is 0 Å². The van der Waals surface area contributed by atoms with Gasteiger partial charge in [0, 0.05) is 25.1 Å². The third-order valence-electron chi connectivity index (χ3n) is 3.47. The molecule has 1 N–H and O–H groups in total. The summed E-state index contributed by atoms with van der Waals surface area (Å²) in [6.07, 6.45) is 14.3. The topological polar surface area (TPSA) is 42.2 Å². The molecule has 0 fully saturated rings. The Hall–Kier alpha value is -1.36. The van der Waals surface area contributed by atoms with Gasteiger partial charge in [-0.1, -0.05) is 11.6 Å². The second-order valence-electron chi connectivity index (χ2n) is 4.86. The fraction of sp³-hybridized carbons (Fsp3) is 0.429. The van der Waals surface area contributed by atoms with Crippen LogP contribution in [-0.4, -0.2) is 20.9 Å². The summed E-state index contributed by atoms with van der Waals surface area (Å²) in [6, 6.07) is 0. The molecule has 5 heteroatoms. The molecule has 0 unspecified atom stereocenters. The van der Waals surface area contributed by atoms with E-state index >= 15 is 0 Å². The van der Waals surface area contributed by atoms with Crippen LogP contribution in [0.25, 0.3) is 5.65 Å². The average molecular weight is 321 g/mol. The fourth-order valence-electron chi connectivity index (χ4n) is 2.49. The molecule has 1 aliphatic carbocycles. The minimum atomic E-state index is 0.817. The van der Waals surface area contributed by atoms with Gasteiger partial charge in [-0.3, -0.25) is 0 Å². The first-order valence-corrected chi connectivity index (χ1v) is 7.53. The van der Waals surface area contributed by atoms with Gasteiger partial charge < -0.3 is 9.72 Å². The van der Waals surface area contributed by atoms with Crippen molar-refractivity contribution in [2.45, 2.75) is 32.1 Å². The van der Waals surface area contributed by atoms with Crippen LogP contribution in [0.2, 0.25) is 0 Å². The summed E-state index contributed by atoms with van der Waals surface area (Å²) in [5, 5.41) is 3.40. The van der Waals surface area contributed by atoms with E-state index in [9.17, 15) is 0 Å². The molecule has 0 amide bonds. The molecule has 3 rings (SSSR count). The maximum absolute atomic E-state index is 4.46. The molecule has 19 heavy (non-hydrogen) atoms. The maximum Gasteiger partial charge on any atom is 0.180 e. The van der Waals surface area contributed by atoms with Gasteiger partial charge in [-0.2, -0.15) is 0 Å². The molecular weight excluding hydrogens is 304 g/mol. The van der Waals surface area contributed by atoms with Crippen molar-refractivity contribution in [2.75, 3.05) is 11.9 Å². The quantitative estimate of drug-likeness (QED) is 0.871. The van der Waals surface area contributed by atoms with E-state index in [4.69, 9.17) is 0 Å². The minimum Gasteiger partial charge on any atom is -0.367 e. The van der Waals surface area contributed by atoms with Crippen molar-refractivity contribution in [1.29, 1.82) is 0 Å². The van der Waals surface area contributed by atoms with E-state index in [-0.39, 0.29) is 0 Å². The van der Waals surface area contributed by atoms with E-state index in [1.165, 1.54) is 25.7 Å². The molecule has 4 nitrogen and oxygen atoms in total. The zero-order valence-corrected chi connectivity index (χ0v) is 12.4. The SMILES string of the molecule is Brc1cn2ccnc2c(NCCC2=CCCCC2)n1. The van der Waals surface area contributed by atoms with Crippen molar-refractivity contribution < 1.29 is 0 Å². The second-order valence-corrected chi connectivity index (χ2v) is 5.67. The molecule has 0 saturated heterocycles. The van der Waals surface area contributed by atoms with Gasteiger partial charge in [0.2, 0.25) is 0 Å². The lowest BCUT2D eigenvalue weighted by molar-refractivity contribution is 0.679. The molecule has 0 saturated carbocycles. The molecule has 0 aliphatic heterocycles. The van der Waals surface area contributed by atoms with E-state index in [2.05, 4.69) is 37.3 Å². The van der Waals surface area contributed by atoms with Crippen LogP contribution in [0, 0.1) is 0 Å². The highest BCUT2D eigenvalue weighted by molar-refractivity contribution is 9.10. The number of imidazole rings is 1. The largest absolute Gasteiger partial charge is 0.367 e. The van der Waals surface area contributed by atoms with Gasteiger partial charge in [-0.15, -0.1) is 0 Å². The number of aromatic nitrogens is 3. The Morgan fingerprint density at radius 3 is 3.16 bits per heavy atom. The van der Waals surface area contributed by atoms with E-state index < -0.39 is 0 Å². The number of rotatable bonds is 4. The third-order valence-corrected chi connectivity index (χ3v) is 3.85. The lowest BCUT2D eigenvalue weighted by atomic mass is 9.97. The summed E-state index contributed by atoms with van der Waals surface area (Å²) in [5.41, 5.74) is 2.45. The molecule has 0 spiro atoms. The molecule has 2 aromatic rings. The summed E-state index contributed by atoms with van der Waals surface area (Å²) in [4.78, 5) is 8.79. The number of anilines is 1. The predicted molar refractivity (Wildman–Crippen MR) is 80.3 cm³/mol. The van der Waals surface area contributed by atoms with Crippen LogP contribution in [0.15, 0.2) is 34.8 Å². The highest BCUT2D eigenvalue weighted by Crippen LogP contribution is 2.21. The normalized spacial score (nSPS) is 15.5. The van der Waals surface area contributed by atoms with Crippen LogP contribution >= 0.6 is 15.9 Å². The summed E-state index contributed by atoms with van der Waals surface area (Å²) >= 11 is 3.43. The Balaban J connectivity index is 1.68. The molecule has 0 radical (unpaired) electrons. The average Bonchev–Trinajstić information content (AvgIpc) is 2.88. The lowest BCUT2D eigenvalue weighted by Crippen LogP contribution is -2.07. The van der Waals surface area contributed by atoms with Crippen LogP contribution in [0.3, 0.4) is 0 Å². The van der Waals surface area contributed by atoms with E-state index in [0.29, 0.717) is 0 Å². The van der Waals surface area contributed by atoms with Crippen molar-refractivity contribution in [1.82, 2.24) is 14.4 Å². The number of allylic oxidation sites excluding steroid dienone is 1. The highest BCUT2D eigenvalue weighted by Gasteiger charge is 2.07. The zero-order valence-electron chi connectivity index (χ0n) is 10.8. The Bertz CT molecular complexity index is 603. The van der Waals surface area contributed by atoms with Gasteiger partial charge in [0.05, 0.1) is 0 Å². The van der Waals surface area contributed by atoms with E-state index in [1.54, 1.807) is 11.8 Å². The molecule has 0 bridgehead atoms. The van der Waals surface area contributed by atoms with Crippen LogP contribution in [-0.2, 0) is 0 Å². The van der Waals surface area contributed by atoms with Gasteiger partial charge >= 0.3 is 0 Å². The fourth-order valence-corrected chi connectivity index (χ4v) is 2.89. The summed E-state index contributed by atoms with van der Waals surface area (Å²) in [5.74, 6) is 0.843. The maximum atomic E-state index is 4.46. The smallest absolute Gasteiger partial charge is 0.180 e. The minimum absolute atomic E-state index is 0.817. The number of nitrogens with zero attached hydrogens (tertiary/aromatic N) is 3. The lowest BCUT2D eigenvalue weighted by Gasteiger charge is -2.13. The second kappa shape index (κ2) is 5.74. The Labute approximate surface area is 121 Å². The number of fused-ring (bicyclic) bond motifs is 1. The van der Waals surface area contributed by atoms with E-state index in [0.717, 1.165) is 29.0 Å². The summed E-state index contributed by atoms with van der Waals surface area (Å²) < 4.78 is 2.79. The Kier molecular flexibility index (Phi) is 3.82. The van der Waals surface area contributed by atoms with Gasteiger partial charge in [-0.05, 0) is 48.0 Å². The first-order valence-electron chi connectivity index (χ1n) is 6.74. The van der Waals surface area contributed by atoms with Crippen LogP contribution < -0.4 is 5.32 Å². The molecule has 2 aromatic heterocycles. The van der Waals surface area contributed by atoms with E-state index in [1.807, 2.05) is 16.8 Å². The molecular formula is C14H17BrN4. The Morgan fingerprint density at radius 1 is 1.37 bits per heavy atom. The zero-order chi connectivity index (χ0) is 13.1. The number of hydrogen-bond acceptors (Lipinski definition) is 3. The van der Waals surface area contributed by atoms with Crippen LogP contribution in [0.1, 0.15) is 32.1 Å². The third kappa shape index (κ3) is 2.97. The summed E-state index contributed by atoms with van der Waals surface area (Å²) in [6.45, 7) is 0.914. The van der Waals surface area contributed by atoms with Gasteiger partial charge in [-0.25, -0.2) is 9.97 Å². The van der Waals surface area contributed by atoms with Crippen molar-refractivity contribution in [3.05, 3.63) is 34.8 Å². The number of nitrogens with one attached hydrogen (secondary N) is 1. The molecule has 2 heterocycles. The number of halogens is 1. The van der Waals surface area contributed by atoms with Crippen LogP contribution in [0.4, 0.5) is 5.82 Å². The molecule has 0 atom stereocenters. The molecule has 1 aliphatic rings. The van der Waals surface area contributed by atoms with Crippen molar-refractivity contribution in [3.8, 4) is 0 Å². The van der Waals surface area contributed by atoms with Gasteiger partial charge in [0.1, 0.15) is 4.60 Å². The highest BCUT2D eigenvalue weighted by atomic mass is 79.9. The Morgan fingerprint density at radius 2 is 2.32 bits per heavy atom. The predicted octanol–water partition coefficient (Wildman–Crippen LogP) is 3.79. The first kappa shape index (κ1) is 12.7. The monoisotopic (exact) mass is 320 g/mol. The molecule has 100 valence electrons.